The molecule has 1 aromatic heterocycles. The number of hydrogen-bond acceptors (Lipinski definition) is 7. The van der Waals surface area contributed by atoms with Crippen LogP contribution in [-0.2, 0) is 5.75 Å². The fourth-order valence-electron chi connectivity index (χ4n) is 1.28. The van der Waals surface area contributed by atoms with Crippen LogP contribution in [0.25, 0.3) is 0 Å². The Labute approximate surface area is 107 Å². The molecular formula is C9H11N3OS3. The van der Waals surface area contributed by atoms with Gasteiger partial charge in [0.1, 0.15) is 0 Å². The van der Waals surface area contributed by atoms with E-state index in [-0.39, 0.29) is 0 Å². The van der Waals surface area contributed by atoms with E-state index >= 15 is 0 Å². The van der Waals surface area contributed by atoms with Gasteiger partial charge in [0.15, 0.2) is 5.82 Å². The molecule has 1 fully saturated rings. The summed E-state index contributed by atoms with van der Waals surface area (Å²) < 4.78 is 5.15. The predicted molar refractivity (Wildman–Crippen MR) is 68.6 cm³/mol. The van der Waals surface area contributed by atoms with Crippen molar-refractivity contribution < 1.29 is 4.52 Å². The Morgan fingerprint density at radius 1 is 1.56 bits per heavy atom. The average Bonchev–Trinajstić information content (AvgIpc) is 2.79. The van der Waals surface area contributed by atoms with Crippen molar-refractivity contribution >= 4 is 35.3 Å². The lowest BCUT2D eigenvalue weighted by molar-refractivity contribution is 0.385. The van der Waals surface area contributed by atoms with Crippen molar-refractivity contribution in [2.24, 2.45) is 0 Å². The molecule has 0 N–H and O–H groups in total. The van der Waals surface area contributed by atoms with Gasteiger partial charge >= 0.3 is 0 Å². The van der Waals surface area contributed by atoms with Crippen molar-refractivity contribution in [3.05, 3.63) is 11.7 Å². The van der Waals surface area contributed by atoms with Crippen molar-refractivity contribution in [3.63, 3.8) is 0 Å². The number of aromatic nitrogens is 2. The van der Waals surface area contributed by atoms with E-state index in [0.717, 1.165) is 17.3 Å². The van der Waals surface area contributed by atoms with Gasteiger partial charge in [-0.2, -0.15) is 22.0 Å². The molecular weight excluding hydrogens is 262 g/mol. The van der Waals surface area contributed by atoms with Gasteiger partial charge in [0.05, 0.1) is 22.8 Å². The highest BCUT2D eigenvalue weighted by atomic mass is 32.2. The first-order valence-electron chi connectivity index (χ1n) is 4.86. The topological polar surface area (TPSA) is 62.7 Å². The zero-order valence-corrected chi connectivity index (χ0v) is 11.0. The zero-order valence-electron chi connectivity index (χ0n) is 8.59. The van der Waals surface area contributed by atoms with Crippen LogP contribution in [0.4, 0.5) is 0 Å². The Balaban J connectivity index is 1.88. The van der Waals surface area contributed by atoms with Gasteiger partial charge in [-0.25, -0.2) is 0 Å². The van der Waals surface area contributed by atoms with Gasteiger partial charge in [-0.1, -0.05) is 5.16 Å². The second-order valence-corrected chi connectivity index (χ2v) is 6.58. The first kappa shape index (κ1) is 12.1. The van der Waals surface area contributed by atoms with E-state index in [0.29, 0.717) is 22.6 Å². The van der Waals surface area contributed by atoms with E-state index in [9.17, 15) is 0 Å². The maximum Gasteiger partial charge on any atom is 0.236 e. The summed E-state index contributed by atoms with van der Waals surface area (Å²) in [5.41, 5.74) is 0. The molecule has 2 heterocycles. The van der Waals surface area contributed by atoms with Crippen LogP contribution in [0.2, 0.25) is 0 Å². The third-order valence-electron chi connectivity index (χ3n) is 1.98. The largest absolute Gasteiger partial charge is 0.338 e. The minimum Gasteiger partial charge on any atom is -0.338 e. The lowest BCUT2D eigenvalue weighted by atomic mass is 10.4. The molecule has 2 rings (SSSR count). The van der Waals surface area contributed by atoms with Crippen LogP contribution in [0.5, 0.6) is 0 Å². The molecule has 1 unspecified atom stereocenters. The highest BCUT2D eigenvalue weighted by Gasteiger charge is 2.21. The number of rotatable bonds is 4. The molecule has 4 nitrogen and oxygen atoms in total. The van der Waals surface area contributed by atoms with Gasteiger partial charge in [-0.05, 0) is 0 Å². The van der Waals surface area contributed by atoms with Crippen molar-refractivity contribution in [1.82, 2.24) is 10.1 Å². The standard InChI is InChI=1S/C9H11N3OS3/c10-1-2-14-6-8-11-9(12-13-8)7-5-15-3-4-16-7/h7H,2-6H2. The molecule has 86 valence electrons. The molecule has 1 atom stereocenters. The Hall–Kier alpha value is -0.320. The van der Waals surface area contributed by atoms with Gasteiger partial charge in [0, 0.05) is 17.3 Å². The molecule has 0 saturated carbocycles. The van der Waals surface area contributed by atoms with Crippen LogP contribution >= 0.6 is 35.3 Å². The van der Waals surface area contributed by atoms with Crippen LogP contribution in [0.3, 0.4) is 0 Å². The number of nitrogens with zero attached hydrogens (tertiary/aromatic N) is 3. The molecule has 0 aromatic carbocycles. The van der Waals surface area contributed by atoms with Crippen LogP contribution in [-0.4, -0.2) is 33.2 Å². The summed E-state index contributed by atoms with van der Waals surface area (Å²) in [5, 5.41) is 12.8. The Morgan fingerprint density at radius 2 is 2.50 bits per heavy atom. The second kappa shape index (κ2) is 6.42. The number of hydrogen-bond donors (Lipinski definition) is 0. The van der Waals surface area contributed by atoms with Crippen LogP contribution in [0.15, 0.2) is 4.52 Å². The SMILES string of the molecule is N#CCSCc1nc(C2CSCCS2)no1. The third kappa shape index (κ3) is 3.34. The molecule has 1 saturated heterocycles. The van der Waals surface area contributed by atoms with Crippen molar-refractivity contribution in [2.75, 3.05) is 23.0 Å². The Morgan fingerprint density at radius 3 is 3.25 bits per heavy atom. The van der Waals surface area contributed by atoms with Gasteiger partial charge in [-0.15, -0.1) is 23.5 Å². The smallest absolute Gasteiger partial charge is 0.236 e. The van der Waals surface area contributed by atoms with E-state index < -0.39 is 0 Å². The first-order valence-corrected chi connectivity index (χ1v) is 8.22. The first-order chi connectivity index (χ1) is 7.90. The quantitative estimate of drug-likeness (QED) is 0.780. The third-order valence-corrected chi connectivity index (χ3v) is 5.52. The van der Waals surface area contributed by atoms with Gasteiger partial charge in [0.2, 0.25) is 5.89 Å². The minimum absolute atomic E-state index is 0.372. The molecule has 16 heavy (non-hydrogen) atoms. The molecule has 0 amide bonds. The summed E-state index contributed by atoms with van der Waals surface area (Å²) in [6.07, 6.45) is 0. The average molecular weight is 273 g/mol. The Bertz CT molecular complexity index is 370. The summed E-state index contributed by atoms with van der Waals surface area (Å²) in [6, 6.07) is 2.07. The molecule has 1 aliphatic rings. The van der Waals surface area contributed by atoms with Crippen LogP contribution < -0.4 is 0 Å². The second-order valence-electron chi connectivity index (χ2n) is 3.13. The van der Waals surface area contributed by atoms with E-state index in [2.05, 4.69) is 16.2 Å². The van der Waals surface area contributed by atoms with Gasteiger partial charge in [0.25, 0.3) is 0 Å². The fraction of sp³-hybridized carbons (Fsp3) is 0.667. The van der Waals surface area contributed by atoms with Gasteiger partial charge < -0.3 is 4.52 Å². The molecule has 0 spiro atoms. The Kier molecular flexibility index (Phi) is 4.88. The maximum atomic E-state index is 8.41. The van der Waals surface area contributed by atoms with E-state index in [1.165, 1.54) is 17.5 Å². The van der Waals surface area contributed by atoms with Gasteiger partial charge in [-0.3, -0.25) is 0 Å². The fourth-order valence-corrected chi connectivity index (χ4v) is 4.35. The number of thioether (sulfide) groups is 3. The lowest BCUT2D eigenvalue weighted by Crippen LogP contribution is -2.08. The molecule has 0 radical (unpaired) electrons. The normalized spacial score (nSPS) is 20.6. The van der Waals surface area contributed by atoms with Crippen LogP contribution in [0, 0.1) is 11.3 Å². The molecule has 0 aliphatic carbocycles. The summed E-state index contributed by atoms with van der Waals surface area (Å²) in [6.45, 7) is 0. The van der Waals surface area contributed by atoms with E-state index in [4.69, 9.17) is 9.78 Å². The van der Waals surface area contributed by atoms with E-state index in [1.807, 2.05) is 23.5 Å². The van der Waals surface area contributed by atoms with Crippen molar-refractivity contribution in [1.29, 1.82) is 5.26 Å². The highest BCUT2D eigenvalue weighted by Crippen LogP contribution is 2.35. The summed E-state index contributed by atoms with van der Waals surface area (Å²) in [5.74, 6) is 5.97. The summed E-state index contributed by atoms with van der Waals surface area (Å²) >= 11 is 5.33. The highest BCUT2D eigenvalue weighted by molar-refractivity contribution is 8.06. The predicted octanol–water partition coefficient (Wildman–Crippen LogP) is 2.35. The maximum absolute atomic E-state index is 8.41. The van der Waals surface area contributed by atoms with Crippen molar-refractivity contribution in [2.45, 2.75) is 11.0 Å². The zero-order chi connectivity index (χ0) is 11.2. The monoisotopic (exact) mass is 273 g/mol. The molecule has 7 heteroatoms. The minimum atomic E-state index is 0.372. The number of nitriles is 1. The lowest BCUT2D eigenvalue weighted by Gasteiger charge is -2.16. The summed E-state index contributed by atoms with van der Waals surface area (Å²) in [7, 11) is 0. The molecule has 0 bridgehead atoms. The van der Waals surface area contributed by atoms with E-state index in [1.54, 1.807) is 0 Å². The molecule has 1 aliphatic heterocycles. The van der Waals surface area contributed by atoms with Crippen LogP contribution in [0.1, 0.15) is 17.0 Å². The summed E-state index contributed by atoms with van der Waals surface area (Å²) in [4.78, 5) is 4.36. The molecule has 1 aromatic rings. The van der Waals surface area contributed by atoms with Crippen molar-refractivity contribution in [3.8, 4) is 6.07 Å².